The molecule has 57 valence electrons. The van der Waals surface area contributed by atoms with Gasteiger partial charge in [0.15, 0.2) is 0 Å². The molecule has 1 nitrogen and oxygen atoms in total. The SMILES string of the molecule is [Si]CCCN1CCCCC1. The third-order valence-electron chi connectivity index (χ3n) is 2.10. The zero-order chi connectivity index (χ0) is 7.23. The van der Waals surface area contributed by atoms with E-state index in [1.807, 2.05) is 0 Å². The van der Waals surface area contributed by atoms with E-state index in [9.17, 15) is 0 Å². The predicted molar refractivity (Wildman–Crippen MR) is 45.5 cm³/mol. The van der Waals surface area contributed by atoms with Crippen molar-refractivity contribution in [1.29, 1.82) is 0 Å². The molecule has 0 atom stereocenters. The van der Waals surface area contributed by atoms with E-state index in [-0.39, 0.29) is 0 Å². The minimum atomic E-state index is 1.15. The Bertz CT molecular complexity index is 79.3. The van der Waals surface area contributed by atoms with E-state index in [2.05, 4.69) is 15.1 Å². The van der Waals surface area contributed by atoms with E-state index < -0.39 is 0 Å². The fraction of sp³-hybridized carbons (Fsp3) is 1.00. The minimum absolute atomic E-state index is 1.15. The quantitative estimate of drug-likeness (QED) is 0.556. The van der Waals surface area contributed by atoms with Gasteiger partial charge in [0.05, 0.1) is 0 Å². The average Bonchev–Trinajstić information content (AvgIpc) is 2.03. The van der Waals surface area contributed by atoms with Crippen molar-refractivity contribution in [2.45, 2.75) is 31.7 Å². The largest absolute Gasteiger partial charge is 0.303 e. The highest BCUT2D eigenvalue weighted by atomic mass is 28.1. The van der Waals surface area contributed by atoms with Crippen molar-refractivity contribution >= 4 is 10.2 Å². The van der Waals surface area contributed by atoms with E-state index >= 15 is 0 Å². The summed E-state index contributed by atoms with van der Waals surface area (Å²) in [5.74, 6) is 0. The summed E-state index contributed by atoms with van der Waals surface area (Å²) in [5, 5.41) is 0. The van der Waals surface area contributed by atoms with Crippen LogP contribution < -0.4 is 0 Å². The van der Waals surface area contributed by atoms with E-state index in [0.717, 1.165) is 6.04 Å². The zero-order valence-electron chi connectivity index (χ0n) is 6.60. The molecular weight excluding hydrogens is 138 g/mol. The molecule has 0 aromatic heterocycles. The maximum absolute atomic E-state index is 3.49. The Morgan fingerprint density at radius 2 is 1.80 bits per heavy atom. The van der Waals surface area contributed by atoms with Gasteiger partial charge in [-0.1, -0.05) is 12.5 Å². The Balaban J connectivity index is 2.02. The van der Waals surface area contributed by atoms with Gasteiger partial charge in [0.2, 0.25) is 0 Å². The molecule has 0 spiro atoms. The van der Waals surface area contributed by atoms with Gasteiger partial charge in [-0.05, 0) is 38.9 Å². The maximum atomic E-state index is 3.49. The van der Waals surface area contributed by atoms with Crippen LogP contribution in [0.4, 0.5) is 0 Å². The van der Waals surface area contributed by atoms with Gasteiger partial charge in [-0.3, -0.25) is 0 Å². The molecule has 1 heterocycles. The summed E-state index contributed by atoms with van der Waals surface area (Å²) in [4.78, 5) is 2.57. The summed E-state index contributed by atoms with van der Waals surface area (Å²) in [7, 11) is 3.49. The lowest BCUT2D eigenvalue weighted by Crippen LogP contribution is -2.30. The van der Waals surface area contributed by atoms with Crippen LogP contribution in [-0.4, -0.2) is 34.8 Å². The Hall–Kier alpha value is 0.177. The zero-order valence-corrected chi connectivity index (χ0v) is 7.60. The van der Waals surface area contributed by atoms with Crippen LogP contribution in [0.2, 0.25) is 6.04 Å². The van der Waals surface area contributed by atoms with Crippen molar-refractivity contribution in [3.8, 4) is 0 Å². The Labute approximate surface area is 67.2 Å². The summed E-state index contributed by atoms with van der Waals surface area (Å²) in [6.45, 7) is 3.97. The highest BCUT2D eigenvalue weighted by Crippen LogP contribution is 2.08. The van der Waals surface area contributed by atoms with Crippen LogP contribution in [0.3, 0.4) is 0 Å². The minimum Gasteiger partial charge on any atom is -0.303 e. The lowest BCUT2D eigenvalue weighted by atomic mass is 10.1. The highest BCUT2D eigenvalue weighted by Gasteiger charge is 2.07. The molecule has 0 aromatic rings. The molecule has 1 aliphatic rings. The van der Waals surface area contributed by atoms with Crippen molar-refractivity contribution in [2.24, 2.45) is 0 Å². The molecule has 2 heteroatoms. The predicted octanol–water partition coefficient (Wildman–Crippen LogP) is 1.45. The number of hydrogen-bond donors (Lipinski definition) is 0. The van der Waals surface area contributed by atoms with Crippen molar-refractivity contribution < 1.29 is 0 Å². The van der Waals surface area contributed by atoms with Crippen molar-refractivity contribution in [3.05, 3.63) is 0 Å². The van der Waals surface area contributed by atoms with Gasteiger partial charge >= 0.3 is 0 Å². The third-order valence-corrected chi connectivity index (χ3v) is 2.45. The normalized spacial score (nSPS) is 21.3. The van der Waals surface area contributed by atoms with Gasteiger partial charge in [0.25, 0.3) is 0 Å². The molecule has 10 heavy (non-hydrogen) atoms. The molecule has 0 amide bonds. The molecule has 1 fully saturated rings. The van der Waals surface area contributed by atoms with Crippen molar-refractivity contribution in [1.82, 2.24) is 4.90 Å². The molecular formula is C8H16NSi. The van der Waals surface area contributed by atoms with Crippen LogP contribution in [0.15, 0.2) is 0 Å². The molecule has 1 saturated heterocycles. The van der Waals surface area contributed by atoms with Gasteiger partial charge in [-0.25, -0.2) is 0 Å². The molecule has 0 N–H and O–H groups in total. The molecule has 3 radical (unpaired) electrons. The first-order valence-electron chi connectivity index (χ1n) is 4.30. The smallest absolute Gasteiger partial charge is 0.0222 e. The lowest BCUT2D eigenvalue weighted by molar-refractivity contribution is 0.229. The van der Waals surface area contributed by atoms with E-state index in [4.69, 9.17) is 0 Å². The second-order valence-electron chi connectivity index (χ2n) is 3.01. The van der Waals surface area contributed by atoms with Crippen molar-refractivity contribution in [3.63, 3.8) is 0 Å². The summed E-state index contributed by atoms with van der Waals surface area (Å²) >= 11 is 0. The van der Waals surface area contributed by atoms with Crippen LogP contribution in [0.25, 0.3) is 0 Å². The lowest BCUT2D eigenvalue weighted by Gasteiger charge is -2.25. The molecule has 1 aliphatic heterocycles. The van der Waals surface area contributed by atoms with Gasteiger partial charge < -0.3 is 4.90 Å². The second kappa shape index (κ2) is 4.91. The van der Waals surface area contributed by atoms with Gasteiger partial charge in [-0.15, -0.1) is 0 Å². The summed E-state index contributed by atoms with van der Waals surface area (Å²) in [5.41, 5.74) is 0. The number of nitrogens with zero attached hydrogens (tertiary/aromatic N) is 1. The van der Waals surface area contributed by atoms with E-state index in [1.165, 1.54) is 45.3 Å². The van der Waals surface area contributed by atoms with Crippen LogP contribution in [0.1, 0.15) is 25.7 Å². The highest BCUT2D eigenvalue weighted by molar-refractivity contribution is 6.08. The maximum Gasteiger partial charge on any atom is 0.0222 e. The molecule has 0 aliphatic carbocycles. The number of piperidine rings is 1. The Morgan fingerprint density at radius 1 is 1.10 bits per heavy atom. The summed E-state index contributed by atoms with van der Waals surface area (Å²) in [6, 6.07) is 1.15. The van der Waals surface area contributed by atoms with Crippen LogP contribution in [0, 0.1) is 0 Å². The monoisotopic (exact) mass is 154 g/mol. The van der Waals surface area contributed by atoms with Crippen LogP contribution in [0.5, 0.6) is 0 Å². The van der Waals surface area contributed by atoms with Crippen LogP contribution in [-0.2, 0) is 0 Å². The third kappa shape index (κ3) is 2.84. The van der Waals surface area contributed by atoms with E-state index in [1.54, 1.807) is 0 Å². The number of rotatable bonds is 3. The summed E-state index contributed by atoms with van der Waals surface area (Å²) in [6.07, 6.45) is 5.59. The van der Waals surface area contributed by atoms with Gasteiger partial charge in [0, 0.05) is 10.2 Å². The Kier molecular flexibility index (Phi) is 4.06. The molecule has 0 unspecified atom stereocenters. The number of hydrogen-bond acceptors (Lipinski definition) is 1. The van der Waals surface area contributed by atoms with E-state index in [0.29, 0.717) is 0 Å². The van der Waals surface area contributed by atoms with Crippen LogP contribution >= 0.6 is 0 Å². The first kappa shape index (κ1) is 8.28. The second-order valence-corrected chi connectivity index (χ2v) is 3.51. The topological polar surface area (TPSA) is 3.24 Å². The average molecular weight is 154 g/mol. The fourth-order valence-electron chi connectivity index (χ4n) is 1.49. The molecule has 0 bridgehead atoms. The molecule has 0 saturated carbocycles. The first-order chi connectivity index (χ1) is 4.93. The standard InChI is InChI=1S/C8H16NSi/c10-8-4-7-9-5-2-1-3-6-9/h1-8H2. The first-order valence-corrected chi connectivity index (χ1v) is 5.01. The van der Waals surface area contributed by atoms with Gasteiger partial charge in [0.1, 0.15) is 0 Å². The summed E-state index contributed by atoms with van der Waals surface area (Å²) < 4.78 is 0. The number of likely N-dealkylation sites (tertiary alicyclic amines) is 1. The molecule has 0 aromatic carbocycles. The fourth-order valence-corrected chi connectivity index (χ4v) is 1.64. The van der Waals surface area contributed by atoms with Crippen molar-refractivity contribution in [2.75, 3.05) is 19.6 Å². The van der Waals surface area contributed by atoms with Gasteiger partial charge in [-0.2, -0.15) is 0 Å². The molecule has 1 rings (SSSR count). The Morgan fingerprint density at radius 3 is 2.40 bits per heavy atom.